The molecule has 0 unspecified atom stereocenters. The number of amides is 1. The first-order chi connectivity index (χ1) is 17.8. The van der Waals surface area contributed by atoms with Crippen molar-refractivity contribution in [2.75, 3.05) is 11.3 Å². The van der Waals surface area contributed by atoms with Gasteiger partial charge in [-0.25, -0.2) is 12.8 Å². The van der Waals surface area contributed by atoms with E-state index in [-0.39, 0.29) is 29.7 Å². The maximum Gasteiger partial charge on any atom is 0.261 e. The number of benzene rings is 3. The first-order valence-electron chi connectivity index (χ1n) is 12.0. The van der Waals surface area contributed by atoms with Crippen LogP contribution in [0.4, 0.5) is 10.1 Å². The number of hydrogen-bond donors (Lipinski definition) is 3. The molecule has 10 heteroatoms. The van der Waals surface area contributed by atoms with E-state index >= 15 is 0 Å². The molecule has 1 amide bonds. The SMILES string of the molecule is O=C(C[C@@H]1C[C@@H]2c3cc(NS(=O)(=O)c4ccc(F)cc4)ccc3O[C@@H]2[C@@H](CO)O1)NCc1ccccc1. The predicted octanol–water partition coefficient (Wildman–Crippen LogP) is 3.33. The van der Waals surface area contributed by atoms with Crippen molar-refractivity contribution in [1.29, 1.82) is 0 Å². The minimum atomic E-state index is -3.92. The highest BCUT2D eigenvalue weighted by molar-refractivity contribution is 7.92. The van der Waals surface area contributed by atoms with Gasteiger partial charge in [-0.15, -0.1) is 0 Å². The number of fused-ring (bicyclic) bond motifs is 3. The Bertz CT molecular complexity index is 1370. The third-order valence-corrected chi connectivity index (χ3v) is 8.02. The molecule has 37 heavy (non-hydrogen) atoms. The van der Waals surface area contributed by atoms with Gasteiger partial charge in [0.15, 0.2) is 0 Å². The summed E-state index contributed by atoms with van der Waals surface area (Å²) in [4.78, 5) is 12.5. The van der Waals surface area contributed by atoms with Crippen LogP contribution in [0.15, 0.2) is 77.7 Å². The fourth-order valence-electron chi connectivity index (χ4n) is 4.86. The topological polar surface area (TPSA) is 114 Å². The van der Waals surface area contributed by atoms with Crippen molar-refractivity contribution >= 4 is 21.6 Å². The fraction of sp³-hybridized carbons (Fsp3) is 0.296. The standard InChI is InChI=1S/C27H27FN2O6S/c28-18-6-9-21(10-7-18)37(33,34)30-19-8-11-24-22(12-19)23-13-20(35-25(16-31)27(23)36-24)14-26(32)29-15-17-4-2-1-3-5-17/h1-12,20,23,25,27,30-31H,13-16H2,(H,29,32)/t20-,23+,25+,27-/m0/s1. The summed E-state index contributed by atoms with van der Waals surface area (Å²) in [6, 6.07) is 19.1. The van der Waals surface area contributed by atoms with Gasteiger partial charge in [-0.05, 0) is 54.4 Å². The number of halogens is 1. The van der Waals surface area contributed by atoms with Crippen LogP contribution in [0.3, 0.4) is 0 Å². The van der Waals surface area contributed by atoms with Crippen LogP contribution in [-0.4, -0.2) is 44.4 Å². The summed E-state index contributed by atoms with van der Waals surface area (Å²) in [5, 5.41) is 12.8. The molecule has 3 aromatic carbocycles. The van der Waals surface area contributed by atoms with Gasteiger partial charge in [-0.2, -0.15) is 0 Å². The number of carbonyl (C=O) groups excluding carboxylic acids is 1. The maximum atomic E-state index is 13.2. The molecule has 2 heterocycles. The Morgan fingerprint density at radius 1 is 1.05 bits per heavy atom. The van der Waals surface area contributed by atoms with Crippen molar-refractivity contribution in [3.8, 4) is 5.75 Å². The molecule has 5 rings (SSSR count). The van der Waals surface area contributed by atoms with Crippen molar-refractivity contribution in [2.45, 2.75) is 48.5 Å². The largest absolute Gasteiger partial charge is 0.487 e. The smallest absolute Gasteiger partial charge is 0.261 e. The summed E-state index contributed by atoms with van der Waals surface area (Å²) in [5.74, 6) is -0.302. The highest BCUT2D eigenvalue weighted by Crippen LogP contribution is 2.47. The van der Waals surface area contributed by atoms with Crippen LogP contribution in [0.2, 0.25) is 0 Å². The monoisotopic (exact) mass is 526 g/mol. The van der Waals surface area contributed by atoms with Gasteiger partial charge in [0.05, 0.1) is 24.0 Å². The van der Waals surface area contributed by atoms with Gasteiger partial charge >= 0.3 is 0 Å². The molecule has 1 fully saturated rings. The lowest BCUT2D eigenvalue weighted by Gasteiger charge is -2.37. The van der Waals surface area contributed by atoms with Gasteiger partial charge in [0.1, 0.15) is 23.8 Å². The molecular formula is C27H27FN2O6S. The third-order valence-electron chi connectivity index (χ3n) is 6.62. The van der Waals surface area contributed by atoms with Crippen molar-refractivity contribution in [3.63, 3.8) is 0 Å². The summed E-state index contributed by atoms with van der Waals surface area (Å²) >= 11 is 0. The average molecular weight is 527 g/mol. The lowest BCUT2D eigenvalue weighted by Crippen LogP contribution is -2.47. The molecule has 3 aromatic rings. The number of nitrogens with one attached hydrogen (secondary N) is 2. The number of ether oxygens (including phenoxy) is 2. The quantitative estimate of drug-likeness (QED) is 0.415. The van der Waals surface area contributed by atoms with Crippen molar-refractivity contribution in [2.24, 2.45) is 0 Å². The second kappa shape index (κ2) is 10.5. The summed E-state index contributed by atoms with van der Waals surface area (Å²) in [6.07, 6.45) is -0.923. The second-order valence-electron chi connectivity index (χ2n) is 9.18. The fourth-order valence-corrected chi connectivity index (χ4v) is 5.91. The second-order valence-corrected chi connectivity index (χ2v) is 10.9. The van der Waals surface area contributed by atoms with Crippen LogP contribution >= 0.6 is 0 Å². The zero-order valence-electron chi connectivity index (χ0n) is 19.8. The van der Waals surface area contributed by atoms with Gasteiger partial charge < -0.3 is 19.9 Å². The third kappa shape index (κ3) is 5.61. The lowest BCUT2D eigenvalue weighted by atomic mass is 9.84. The maximum absolute atomic E-state index is 13.2. The molecule has 2 aliphatic rings. The minimum Gasteiger partial charge on any atom is -0.487 e. The van der Waals surface area contributed by atoms with E-state index in [1.165, 1.54) is 12.1 Å². The van der Waals surface area contributed by atoms with Crippen LogP contribution in [0.25, 0.3) is 0 Å². The molecule has 4 atom stereocenters. The lowest BCUT2D eigenvalue weighted by molar-refractivity contribution is -0.142. The Balaban J connectivity index is 1.29. The number of aliphatic hydroxyl groups is 1. The number of sulfonamides is 1. The van der Waals surface area contributed by atoms with E-state index in [1.54, 1.807) is 18.2 Å². The number of carbonyl (C=O) groups is 1. The van der Waals surface area contributed by atoms with Gasteiger partial charge in [-0.1, -0.05) is 30.3 Å². The zero-order chi connectivity index (χ0) is 26.0. The molecule has 0 spiro atoms. The molecule has 3 N–H and O–H groups in total. The van der Waals surface area contributed by atoms with E-state index in [1.807, 2.05) is 30.3 Å². The van der Waals surface area contributed by atoms with E-state index in [2.05, 4.69) is 10.0 Å². The van der Waals surface area contributed by atoms with Crippen molar-refractivity contribution in [1.82, 2.24) is 5.32 Å². The van der Waals surface area contributed by atoms with E-state index in [4.69, 9.17) is 9.47 Å². The average Bonchev–Trinajstić information content (AvgIpc) is 3.25. The minimum absolute atomic E-state index is 0.0588. The van der Waals surface area contributed by atoms with Crippen LogP contribution in [0.5, 0.6) is 5.75 Å². The number of aliphatic hydroxyl groups excluding tert-OH is 1. The Kier molecular flexibility index (Phi) is 7.14. The van der Waals surface area contributed by atoms with Gasteiger partial charge in [0.25, 0.3) is 10.0 Å². The molecule has 0 aliphatic carbocycles. The first kappa shape index (κ1) is 25.2. The van der Waals surface area contributed by atoms with Crippen molar-refractivity contribution < 1.29 is 32.2 Å². The van der Waals surface area contributed by atoms with Crippen LogP contribution in [0, 0.1) is 5.82 Å². The Morgan fingerprint density at radius 2 is 1.81 bits per heavy atom. The summed E-state index contributed by atoms with van der Waals surface area (Å²) < 4.78 is 53.3. The van der Waals surface area contributed by atoms with Crippen LogP contribution in [-0.2, 0) is 26.1 Å². The molecule has 8 nitrogen and oxygen atoms in total. The Morgan fingerprint density at radius 3 is 2.54 bits per heavy atom. The molecule has 0 bridgehead atoms. The van der Waals surface area contributed by atoms with E-state index in [9.17, 15) is 22.7 Å². The number of hydrogen-bond acceptors (Lipinski definition) is 6. The number of rotatable bonds is 8. The highest BCUT2D eigenvalue weighted by Gasteiger charge is 2.46. The molecule has 0 saturated carbocycles. The number of anilines is 1. The normalized spacial score (nSPS) is 22.4. The Hall–Kier alpha value is -3.47. The van der Waals surface area contributed by atoms with E-state index < -0.39 is 34.2 Å². The Labute approximate surface area is 214 Å². The van der Waals surface area contributed by atoms with Gasteiger partial charge in [0.2, 0.25) is 5.91 Å². The molecule has 2 aliphatic heterocycles. The molecule has 0 radical (unpaired) electrons. The molecule has 1 saturated heterocycles. The highest BCUT2D eigenvalue weighted by atomic mass is 32.2. The van der Waals surface area contributed by atoms with Crippen LogP contribution in [0.1, 0.15) is 29.9 Å². The summed E-state index contributed by atoms with van der Waals surface area (Å²) in [5.41, 5.74) is 2.10. The molecule has 194 valence electrons. The summed E-state index contributed by atoms with van der Waals surface area (Å²) in [7, 11) is -3.92. The predicted molar refractivity (Wildman–Crippen MR) is 134 cm³/mol. The zero-order valence-corrected chi connectivity index (χ0v) is 20.7. The molecule has 0 aromatic heterocycles. The van der Waals surface area contributed by atoms with Crippen LogP contribution < -0.4 is 14.8 Å². The van der Waals surface area contributed by atoms with Gasteiger partial charge in [0, 0.05) is 23.7 Å². The van der Waals surface area contributed by atoms with E-state index in [0.717, 1.165) is 23.3 Å². The molecular weight excluding hydrogens is 499 g/mol. The summed E-state index contributed by atoms with van der Waals surface area (Å²) in [6.45, 7) is 0.132. The van der Waals surface area contributed by atoms with E-state index in [0.29, 0.717) is 24.4 Å². The van der Waals surface area contributed by atoms with Gasteiger partial charge in [-0.3, -0.25) is 9.52 Å². The first-order valence-corrected chi connectivity index (χ1v) is 13.5. The van der Waals surface area contributed by atoms with Crippen molar-refractivity contribution in [3.05, 3.63) is 89.7 Å².